The number of aliphatic hydroxyl groups excluding tert-OH is 1. The van der Waals surface area contributed by atoms with Gasteiger partial charge in [0.05, 0.1) is 18.2 Å². The first-order chi connectivity index (χ1) is 9.52. The summed E-state index contributed by atoms with van der Waals surface area (Å²) in [6.07, 6.45) is 0. The monoisotopic (exact) mass is 316 g/mol. The van der Waals surface area contributed by atoms with E-state index in [1.807, 2.05) is 0 Å². The van der Waals surface area contributed by atoms with Crippen molar-refractivity contribution in [2.75, 3.05) is 24.7 Å². The fourth-order valence-electron chi connectivity index (χ4n) is 2.02. The lowest BCUT2D eigenvalue weighted by Crippen LogP contribution is -2.48. The van der Waals surface area contributed by atoms with Gasteiger partial charge >= 0.3 is 0 Å². The van der Waals surface area contributed by atoms with E-state index in [4.69, 9.17) is 5.26 Å². The first-order valence-electron chi connectivity index (χ1n) is 5.91. The van der Waals surface area contributed by atoms with E-state index in [2.05, 4.69) is 0 Å². The van der Waals surface area contributed by atoms with Crippen molar-refractivity contribution in [1.29, 1.82) is 5.26 Å². The minimum absolute atomic E-state index is 0.217. The molecule has 1 aromatic carbocycles. The maximum absolute atomic E-state index is 14.1. The molecule has 0 bridgehead atoms. The van der Waals surface area contributed by atoms with Gasteiger partial charge in [-0.15, -0.1) is 0 Å². The number of hydrogen-bond acceptors (Lipinski definition) is 5. The smallest absolute Gasteiger partial charge is 0.246 e. The summed E-state index contributed by atoms with van der Waals surface area (Å²) in [5.74, 6) is 0.0230. The second-order valence-corrected chi connectivity index (χ2v) is 7.27. The summed E-state index contributed by atoms with van der Waals surface area (Å²) in [7, 11) is -4.05. The van der Waals surface area contributed by atoms with Gasteiger partial charge in [-0.3, -0.25) is 0 Å². The summed E-state index contributed by atoms with van der Waals surface area (Å²) in [6.45, 7) is -0.0970. The number of nitrogens with zero attached hydrogens (tertiary/aromatic N) is 2. The van der Waals surface area contributed by atoms with E-state index in [1.165, 1.54) is 12.1 Å². The lowest BCUT2D eigenvalue weighted by Gasteiger charge is -2.33. The molecule has 108 valence electrons. The molecule has 0 saturated carbocycles. The Kier molecular flexibility index (Phi) is 4.65. The zero-order valence-corrected chi connectivity index (χ0v) is 12.1. The predicted octanol–water partition coefficient (Wildman–Crippen LogP) is 0.796. The first kappa shape index (κ1) is 15.3. The van der Waals surface area contributed by atoms with Crippen LogP contribution in [0.2, 0.25) is 0 Å². The van der Waals surface area contributed by atoms with Crippen molar-refractivity contribution in [3.05, 3.63) is 29.6 Å². The highest BCUT2D eigenvalue weighted by Gasteiger charge is 2.35. The Morgan fingerprint density at radius 3 is 2.95 bits per heavy atom. The van der Waals surface area contributed by atoms with Gasteiger partial charge in [-0.1, -0.05) is 6.07 Å². The minimum atomic E-state index is -4.05. The van der Waals surface area contributed by atoms with Crippen LogP contribution in [0.25, 0.3) is 0 Å². The van der Waals surface area contributed by atoms with Crippen LogP contribution in [0.3, 0.4) is 0 Å². The molecule has 2 rings (SSSR count). The molecule has 0 amide bonds. The van der Waals surface area contributed by atoms with Crippen molar-refractivity contribution >= 4 is 21.8 Å². The van der Waals surface area contributed by atoms with Crippen LogP contribution in [0, 0.1) is 17.1 Å². The lowest BCUT2D eigenvalue weighted by atomic mass is 10.2. The van der Waals surface area contributed by atoms with Crippen molar-refractivity contribution in [3.63, 3.8) is 0 Å². The third-order valence-electron chi connectivity index (χ3n) is 3.05. The summed E-state index contributed by atoms with van der Waals surface area (Å²) in [4.78, 5) is -0.512. The SMILES string of the molecule is N#Cc1cccc(S(=O)(=O)N2CCSCC2CO)c1F. The Balaban J connectivity index is 2.47. The van der Waals surface area contributed by atoms with Crippen molar-refractivity contribution in [2.24, 2.45) is 0 Å². The van der Waals surface area contributed by atoms with Gasteiger partial charge in [-0.05, 0) is 12.1 Å². The number of benzene rings is 1. The molecule has 5 nitrogen and oxygen atoms in total. The van der Waals surface area contributed by atoms with Crippen molar-refractivity contribution in [2.45, 2.75) is 10.9 Å². The molecule has 1 fully saturated rings. The lowest BCUT2D eigenvalue weighted by molar-refractivity contribution is 0.202. The molecule has 1 aliphatic rings. The second kappa shape index (κ2) is 6.10. The van der Waals surface area contributed by atoms with Gasteiger partial charge in [0.25, 0.3) is 0 Å². The Labute approximate surface area is 121 Å². The molecule has 1 atom stereocenters. The molecule has 1 unspecified atom stereocenters. The Hall–Kier alpha value is -1.14. The van der Waals surface area contributed by atoms with Crippen LogP contribution in [-0.4, -0.2) is 48.5 Å². The molecular formula is C12H13FN2O3S2. The molecule has 1 saturated heterocycles. The molecule has 20 heavy (non-hydrogen) atoms. The Morgan fingerprint density at radius 2 is 2.30 bits per heavy atom. The van der Waals surface area contributed by atoms with Gasteiger partial charge < -0.3 is 5.11 Å². The molecule has 0 radical (unpaired) electrons. The topological polar surface area (TPSA) is 81.4 Å². The largest absolute Gasteiger partial charge is 0.395 e. The van der Waals surface area contributed by atoms with Gasteiger partial charge in [0.1, 0.15) is 11.0 Å². The van der Waals surface area contributed by atoms with Crippen LogP contribution in [0.5, 0.6) is 0 Å². The van der Waals surface area contributed by atoms with E-state index in [9.17, 15) is 17.9 Å². The third kappa shape index (κ3) is 2.67. The van der Waals surface area contributed by atoms with Crippen LogP contribution >= 0.6 is 11.8 Å². The molecule has 1 aromatic rings. The molecule has 0 aromatic heterocycles. The van der Waals surface area contributed by atoms with Gasteiger partial charge in [-0.2, -0.15) is 21.3 Å². The van der Waals surface area contributed by atoms with E-state index in [0.29, 0.717) is 11.5 Å². The summed E-state index contributed by atoms with van der Waals surface area (Å²) in [6, 6.07) is 4.76. The highest BCUT2D eigenvalue weighted by Crippen LogP contribution is 2.27. The second-order valence-electron chi connectivity index (χ2n) is 4.26. The first-order valence-corrected chi connectivity index (χ1v) is 8.51. The molecule has 8 heteroatoms. The highest BCUT2D eigenvalue weighted by atomic mass is 32.2. The minimum Gasteiger partial charge on any atom is -0.395 e. The summed E-state index contributed by atoms with van der Waals surface area (Å²) in [5, 5.41) is 18.1. The van der Waals surface area contributed by atoms with Crippen molar-refractivity contribution in [3.8, 4) is 6.07 Å². The number of thioether (sulfide) groups is 1. The van der Waals surface area contributed by atoms with Crippen LogP contribution < -0.4 is 0 Å². The van der Waals surface area contributed by atoms with Crippen molar-refractivity contribution < 1.29 is 17.9 Å². The maximum atomic E-state index is 14.1. The summed E-state index contributed by atoms with van der Waals surface area (Å²) < 4.78 is 40.2. The zero-order valence-electron chi connectivity index (χ0n) is 10.5. The number of sulfonamides is 1. The average molecular weight is 316 g/mol. The average Bonchev–Trinajstić information content (AvgIpc) is 2.47. The van der Waals surface area contributed by atoms with E-state index >= 15 is 0 Å². The van der Waals surface area contributed by atoms with Crippen LogP contribution in [-0.2, 0) is 10.0 Å². The molecule has 0 spiro atoms. The number of nitriles is 1. The number of aliphatic hydroxyl groups is 1. The van der Waals surface area contributed by atoms with Gasteiger partial charge in [0.15, 0.2) is 5.82 Å². The number of halogens is 1. The molecular weight excluding hydrogens is 303 g/mol. The molecule has 0 aliphatic carbocycles. The Bertz CT molecular complexity index is 643. The Morgan fingerprint density at radius 1 is 1.55 bits per heavy atom. The van der Waals surface area contributed by atoms with E-state index in [1.54, 1.807) is 17.8 Å². The van der Waals surface area contributed by atoms with Crippen LogP contribution in [0.4, 0.5) is 4.39 Å². The quantitative estimate of drug-likeness (QED) is 0.892. The summed E-state index contributed by atoms with van der Waals surface area (Å²) >= 11 is 1.54. The molecule has 1 aliphatic heterocycles. The number of rotatable bonds is 3. The van der Waals surface area contributed by atoms with Crippen LogP contribution in [0.15, 0.2) is 23.1 Å². The van der Waals surface area contributed by atoms with E-state index in [-0.39, 0.29) is 18.7 Å². The molecule has 1 N–H and O–H groups in total. The van der Waals surface area contributed by atoms with Crippen LogP contribution in [0.1, 0.15) is 5.56 Å². The van der Waals surface area contributed by atoms with Gasteiger partial charge in [0, 0.05) is 18.1 Å². The standard InChI is InChI=1S/C12H13FN2O3S2/c13-12-9(6-14)2-1-3-11(12)20(17,18)15-4-5-19-8-10(15)7-16/h1-3,10,16H,4-5,7-8H2. The number of hydrogen-bond donors (Lipinski definition) is 1. The third-order valence-corrected chi connectivity index (χ3v) is 6.12. The predicted molar refractivity (Wildman–Crippen MR) is 73.2 cm³/mol. The summed E-state index contributed by atoms with van der Waals surface area (Å²) in [5.41, 5.74) is -0.307. The fraction of sp³-hybridized carbons (Fsp3) is 0.417. The van der Waals surface area contributed by atoms with Gasteiger partial charge in [-0.25, -0.2) is 12.8 Å². The zero-order chi connectivity index (χ0) is 14.8. The van der Waals surface area contributed by atoms with Gasteiger partial charge in [0.2, 0.25) is 10.0 Å². The van der Waals surface area contributed by atoms with Crippen molar-refractivity contribution in [1.82, 2.24) is 4.31 Å². The highest BCUT2D eigenvalue weighted by molar-refractivity contribution is 7.99. The molecule has 1 heterocycles. The normalized spacial score (nSPS) is 20.6. The maximum Gasteiger partial charge on any atom is 0.246 e. The fourth-order valence-corrected chi connectivity index (χ4v) is 4.99. The van der Waals surface area contributed by atoms with E-state index in [0.717, 1.165) is 10.4 Å². The van der Waals surface area contributed by atoms with E-state index < -0.39 is 26.8 Å².